The number of hydrogen-bond acceptors (Lipinski definition) is 3. The SMILES string of the molecule is O=C1OC(OC2=CCCCC2)C(Cl)=C1Cl. The van der Waals surface area contributed by atoms with Crippen molar-refractivity contribution in [2.24, 2.45) is 0 Å². The Morgan fingerprint density at radius 1 is 1.40 bits per heavy atom. The van der Waals surface area contributed by atoms with E-state index < -0.39 is 12.3 Å². The highest BCUT2D eigenvalue weighted by Gasteiger charge is 2.34. The molecule has 0 bridgehead atoms. The maximum absolute atomic E-state index is 11.0. The van der Waals surface area contributed by atoms with Crippen molar-refractivity contribution in [3.05, 3.63) is 21.9 Å². The molecular formula is C10H10Cl2O3. The first-order valence-corrected chi connectivity index (χ1v) is 5.56. The van der Waals surface area contributed by atoms with Crippen molar-refractivity contribution >= 4 is 29.2 Å². The maximum atomic E-state index is 11.0. The van der Waals surface area contributed by atoms with Gasteiger partial charge in [-0.25, -0.2) is 4.79 Å². The Bertz CT molecular complexity index is 347. The number of ether oxygens (including phenoxy) is 2. The van der Waals surface area contributed by atoms with Gasteiger partial charge in [0.05, 0.1) is 5.76 Å². The average molecular weight is 249 g/mol. The van der Waals surface area contributed by atoms with Crippen LogP contribution < -0.4 is 0 Å². The normalized spacial score (nSPS) is 26.4. The average Bonchev–Trinajstić information content (AvgIpc) is 2.48. The van der Waals surface area contributed by atoms with Gasteiger partial charge in [0.25, 0.3) is 6.29 Å². The van der Waals surface area contributed by atoms with Crippen LogP contribution in [0.15, 0.2) is 21.9 Å². The second-order valence-electron chi connectivity index (χ2n) is 3.43. The van der Waals surface area contributed by atoms with Gasteiger partial charge in [-0.3, -0.25) is 0 Å². The minimum atomic E-state index is -0.851. The van der Waals surface area contributed by atoms with Crippen molar-refractivity contribution in [1.29, 1.82) is 0 Å². The summed E-state index contributed by atoms with van der Waals surface area (Å²) in [6, 6.07) is 0. The van der Waals surface area contributed by atoms with E-state index in [-0.39, 0.29) is 10.1 Å². The van der Waals surface area contributed by atoms with Crippen LogP contribution in [0.5, 0.6) is 0 Å². The van der Waals surface area contributed by atoms with Gasteiger partial charge in [0.15, 0.2) is 0 Å². The van der Waals surface area contributed by atoms with Crippen LogP contribution in [0, 0.1) is 0 Å². The van der Waals surface area contributed by atoms with Gasteiger partial charge in [0.1, 0.15) is 10.1 Å². The number of halogens is 2. The molecule has 0 amide bonds. The van der Waals surface area contributed by atoms with Crippen LogP contribution in [0.1, 0.15) is 25.7 Å². The first kappa shape index (κ1) is 10.8. The molecule has 1 unspecified atom stereocenters. The van der Waals surface area contributed by atoms with E-state index in [1.165, 1.54) is 6.42 Å². The first-order chi connectivity index (χ1) is 7.18. The Kier molecular flexibility index (Phi) is 3.22. The monoisotopic (exact) mass is 248 g/mol. The molecule has 15 heavy (non-hydrogen) atoms. The van der Waals surface area contributed by atoms with Crippen molar-refractivity contribution in [1.82, 2.24) is 0 Å². The molecule has 0 spiro atoms. The minimum absolute atomic E-state index is 0.0851. The van der Waals surface area contributed by atoms with Crippen LogP contribution in [0.4, 0.5) is 0 Å². The van der Waals surface area contributed by atoms with Crippen molar-refractivity contribution in [2.75, 3.05) is 0 Å². The molecule has 3 nitrogen and oxygen atoms in total. The molecular weight excluding hydrogens is 239 g/mol. The highest BCUT2D eigenvalue weighted by Crippen LogP contribution is 2.32. The van der Waals surface area contributed by atoms with Gasteiger partial charge in [-0.1, -0.05) is 23.2 Å². The van der Waals surface area contributed by atoms with Crippen molar-refractivity contribution in [3.8, 4) is 0 Å². The third kappa shape index (κ3) is 2.29. The highest BCUT2D eigenvalue weighted by atomic mass is 35.5. The number of allylic oxidation sites excluding steroid dienone is 2. The number of hydrogen-bond donors (Lipinski definition) is 0. The van der Waals surface area contributed by atoms with Gasteiger partial charge in [-0.2, -0.15) is 0 Å². The molecule has 0 fully saturated rings. The van der Waals surface area contributed by atoms with Crippen LogP contribution >= 0.6 is 23.2 Å². The van der Waals surface area contributed by atoms with E-state index in [2.05, 4.69) is 0 Å². The number of carbonyl (C=O) groups is 1. The van der Waals surface area contributed by atoms with E-state index in [0.717, 1.165) is 25.0 Å². The summed E-state index contributed by atoms with van der Waals surface area (Å²) >= 11 is 11.4. The molecule has 0 N–H and O–H groups in total. The van der Waals surface area contributed by atoms with Crippen LogP contribution in [-0.4, -0.2) is 12.3 Å². The molecule has 1 heterocycles. The van der Waals surface area contributed by atoms with Gasteiger partial charge in [-0.05, 0) is 25.3 Å². The van der Waals surface area contributed by atoms with Crippen LogP contribution in [0.25, 0.3) is 0 Å². The third-order valence-electron chi connectivity index (χ3n) is 2.32. The van der Waals surface area contributed by atoms with Crippen LogP contribution in [0.2, 0.25) is 0 Å². The molecule has 5 heteroatoms. The summed E-state index contributed by atoms with van der Waals surface area (Å²) in [5.41, 5.74) is 0. The number of carbonyl (C=O) groups excluding carboxylic acids is 1. The summed E-state index contributed by atoms with van der Waals surface area (Å²) < 4.78 is 10.3. The smallest absolute Gasteiger partial charge is 0.354 e. The fourth-order valence-electron chi connectivity index (χ4n) is 1.53. The van der Waals surface area contributed by atoms with E-state index in [1.807, 2.05) is 6.08 Å². The molecule has 0 radical (unpaired) electrons. The predicted molar refractivity (Wildman–Crippen MR) is 56.2 cm³/mol. The number of rotatable bonds is 2. The van der Waals surface area contributed by atoms with Crippen LogP contribution in [0.3, 0.4) is 0 Å². The van der Waals surface area contributed by atoms with Gasteiger partial charge in [0.2, 0.25) is 0 Å². The summed E-state index contributed by atoms with van der Waals surface area (Å²) in [6.07, 6.45) is 5.24. The molecule has 2 rings (SSSR count). The van der Waals surface area contributed by atoms with E-state index in [1.54, 1.807) is 0 Å². The minimum Gasteiger partial charge on any atom is -0.454 e. The zero-order valence-electron chi connectivity index (χ0n) is 7.96. The molecule has 0 aromatic heterocycles. The summed E-state index contributed by atoms with van der Waals surface area (Å²) in [5, 5.41) is 0.0474. The Morgan fingerprint density at radius 2 is 2.20 bits per heavy atom. The highest BCUT2D eigenvalue weighted by molar-refractivity contribution is 6.48. The summed E-state index contributed by atoms with van der Waals surface area (Å²) in [6.45, 7) is 0. The lowest BCUT2D eigenvalue weighted by atomic mass is 10.1. The van der Waals surface area contributed by atoms with E-state index in [0.29, 0.717) is 0 Å². The van der Waals surface area contributed by atoms with Crippen LogP contribution in [-0.2, 0) is 14.3 Å². The second kappa shape index (κ2) is 4.45. The lowest BCUT2D eigenvalue weighted by molar-refractivity contribution is -0.153. The molecule has 1 aliphatic heterocycles. The van der Waals surface area contributed by atoms with Crippen molar-refractivity contribution in [2.45, 2.75) is 32.0 Å². The Hall–Kier alpha value is -0.670. The van der Waals surface area contributed by atoms with Gasteiger partial charge in [-0.15, -0.1) is 0 Å². The molecule has 82 valence electrons. The Morgan fingerprint density at radius 3 is 2.73 bits per heavy atom. The Balaban J connectivity index is 2.02. The molecule has 0 saturated carbocycles. The summed E-state index contributed by atoms with van der Waals surface area (Å²) in [7, 11) is 0. The standard InChI is InChI=1S/C10H10Cl2O3/c11-7-8(12)10(15-9(7)13)14-6-4-2-1-3-5-6/h4,10H,1-3,5H2. The first-order valence-electron chi connectivity index (χ1n) is 4.80. The van der Waals surface area contributed by atoms with Crippen molar-refractivity contribution in [3.63, 3.8) is 0 Å². The third-order valence-corrected chi connectivity index (χ3v) is 3.14. The number of cyclic esters (lactones) is 1. The fraction of sp³-hybridized carbons (Fsp3) is 0.500. The zero-order valence-corrected chi connectivity index (χ0v) is 9.48. The molecule has 0 saturated heterocycles. The fourth-order valence-corrected chi connectivity index (χ4v) is 1.83. The summed E-state index contributed by atoms with van der Waals surface area (Å²) in [5.74, 6) is 0.201. The molecule has 0 aromatic rings. The predicted octanol–water partition coefficient (Wildman–Crippen LogP) is 3.03. The quantitative estimate of drug-likeness (QED) is 0.705. The topological polar surface area (TPSA) is 35.5 Å². The molecule has 1 atom stereocenters. The van der Waals surface area contributed by atoms with Gasteiger partial charge >= 0.3 is 5.97 Å². The lowest BCUT2D eigenvalue weighted by Crippen LogP contribution is -2.15. The van der Waals surface area contributed by atoms with E-state index in [9.17, 15) is 4.79 Å². The van der Waals surface area contributed by atoms with E-state index >= 15 is 0 Å². The number of esters is 1. The lowest BCUT2D eigenvalue weighted by Gasteiger charge is -2.18. The maximum Gasteiger partial charge on any atom is 0.354 e. The molecule has 1 aliphatic carbocycles. The Labute approximate surface area is 97.6 Å². The van der Waals surface area contributed by atoms with Crippen molar-refractivity contribution < 1.29 is 14.3 Å². The summed E-state index contributed by atoms with van der Waals surface area (Å²) in [4.78, 5) is 11.0. The second-order valence-corrected chi connectivity index (χ2v) is 4.22. The molecule has 2 aliphatic rings. The largest absolute Gasteiger partial charge is 0.454 e. The van der Waals surface area contributed by atoms with Gasteiger partial charge < -0.3 is 9.47 Å². The van der Waals surface area contributed by atoms with E-state index in [4.69, 9.17) is 32.7 Å². The molecule has 0 aromatic carbocycles. The zero-order chi connectivity index (χ0) is 10.8. The van der Waals surface area contributed by atoms with Gasteiger partial charge in [0, 0.05) is 6.42 Å².